The highest BCUT2D eigenvalue weighted by Crippen LogP contribution is 2.31. The third-order valence-corrected chi connectivity index (χ3v) is 4.54. The molecule has 0 radical (unpaired) electrons. The van der Waals surface area contributed by atoms with Gasteiger partial charge in [0.05, 0.1) is 21.2 Å². The zero-order chi connectivity index (χ0) is 19.0. The van der Waals surface area contributed by atoms with Gasteiger partial charge in [-0.25, -0.2) is 4.79 Å². The van der Waals surface area contributed by atoms with E-state index < -0.39 is 42.9 Å². The number of carbonyl (C=O) groups is 5. The Hall–Kier alpha value is -2.65. The van der Waals surface area contributed by atoms with Crippen LogP contribution in [-0.4, -0.2) is 65.8 Å². The SMILES string of the molecule is O=C(CN1C(=O)c2cc(Cl)c(Cl)cc2C1=O)OCC(=O)N1CCNC1=O. The predicted octanol–water partition coefficient (Wildman–Crippen LogP) is 0.684. The molecule has 0 aromatic heterocycles. The van der Waals surface area contributed by atoms with E-state index in [2.05, 4.69) is 5.32 Å². The summed E-state index contributed by atoms with van der Waals surface area (Å²) in [5.41, 5.74) is 0.0593. The second-order valence-electron chi connectivity index (χ2n) is 5.45. The Labute approximate surface area is 156 Å². The number of esters is 1. The van der Waals surface area contributed by atoms with Crippen LogP contribution >= 0.6 is 23.2 Å². The van der Waals surface area contributed by atoms with Gasteiger partial charge in [0.15, 0.2) is 6.61 Å². The van der Waals surface area contributed by atoms with Crippen LogP contribution < -0.4 is 5.32 Å². The summed E-state index contributed by atoms with van der Waals surface area (Å²) < 4.78 is 4.76. The molecular formula is C15H11Cl2N3O6. The van der Waals surface area contributed by atoms with Crippen molar-refractivity contribution >= 4 is 52.9 Å². The molecule has 1 aromatic carbocycles. The average molecular weight is 400 g/mol. The summed E-state index contributed by atoms with van der Waals surface area (Å²) in [7, 11) is 0. The van der Waals surface area contributed by atoms with Gasteiger partial charge in [-0.05, 0) is 12.1 Å². The lowest BCUT2D eigenvalue weighted by atomic mass is 10.1. The topological polar surface area (TPSA) is 113 Å². The average Bonchev–Trinajstić information content (AvgIpc) is 3.12. The highest BCUT2D eigenvalue weighted by atomic mass is 35.5. The minimum absolute atomic E-state index is 0.0296. The van der Waals surface area contributed by atoms with E-state index in [1.165, 1.54) is 12.1 Å². The molecule has 2 aliphatic heterocycles. The summed E-state index contributed by atoms with van der Waals surface area (Å²) >= 11 is 11.7. The number of imide groups is 2. The Kier molecular flexibility index (Phi) is 4.84. The van der Waals surface area contributed by atoms with Crippen LogP contribution in [0.4, 0.5) is 4.79 Å². The first-order valence-corrected chi connectivity index (χ1v) is 8.14. The van der Waals surface area contributed by atoms with Gasteiger partial charge in [-0.15, -0.1) is 0 Å². The Balaban J connectivity index is 1.61. The Bertz CT molecular complexity index is 815. The molecule has 0 saturated carbocycles. The first-order valence-electron chi connectivity index (χ1n) is 7.38. The molecule has 0 bridgehead atoms. The minimum atomic E-state index is -0.968. The molecular weight excluding hydrogens is 389 g/mol. The number of rotatable bonds is 4. The van der Waals surface area contributed by atoms with Crippen molar-refractivity contribution < 1.29 is 28.7 Å². The molecule has 0 aliphatic carbocycles. The van der Waals surface area contributed by atoms with Crippen molar-refractivity contribution in [3.05, 3.63) is 33.3 Å². The van der Waals surface area contributed by atoms with Crippen LogP contribution in [-0.2, 0) is 14.3 Å². The normalized spacial score (nSPS) is 16.0. The van der Waals surface area contributed by atoms with E-state index in [-0.39, 0.29) is 27.7 Å². The molecule has 2 aliphatic rings. The fourth-order valence-electron chi connectivity index (χ4n) is 2.53. The van der Waals surface area contributed by atoms with Crippen LogP contribution in [0.15, 0.2) is 12.1 Å². The Morgan fingerprint density at radius 3 is 2.15 bits per heavy atom. The summed E-state index contributed by atoms with van der Waals surface area (Å²) in [6.07, 6.45) is 0. The van der Waals surface area contributed by atoms with E-state index in [1.54, 1.807) is 0 Å². The van der Waals surface area contributed by atoms with Crippen molar-refractivity contribution in [1.29, 1.82) is 0 Å². The molecule has 1 fully saturated rings. The number of carbonyl (C=O) groups excluding carboxylic acids is 5. The van der Waals surface area contributed by atoms with Crippen molar-refractivity contribution in [1.82, 2.24) is 15.1 Å². The molecule has 9 nitrogen and oxygen atoms in total. The number of ether oxygens (including phenoxy) is 1. The van der Waals surface area contributed by atoms with E-state index in [1.807, 2.05) is 0 Å². The van der Waals surface area contributed by atoms with Gasteiger partial charge in [0, 0.05) is 13.1 Å². The van der Waals surface area contributed by atoms with Gasteiger partial charge < -0.3 is 10.1 Å². The molecule has 2 heterocycles. The van der Waals surface area contributed by atoms with Gasteiger partial charge in [-0.2, -0.15) is 0 Å². The predicted molar refractivity (Wildman–Crippen MR) is 87.9 cm³/mol. The molecule has 0 spiro atoms. The number of fused-ring (bicyclic) bond motifs is 1. The molecule has 11 heteroatoms. The molecule has 1 N–H and O–H groups in total. The van der Waals surface area contributed by atoms with Gasteiger partial charge in [-0.3, -0.25) is 29.0 Å². The van der Waals surface area contributed by atoms with Crippen LogP contribution in [0.2, 0.25) is 10.0 Å². The quantitative estimate of drug-likeness (QED) is 0.588. The summed E-state index contributed by atoms with van der Waals surface area (Å²) in [5.74, 6) is -3.10. The molecule has 0 atom stereocenters. The van der Waals surface area contributed by atoms with Crippen molar-refractivity contribution in [2.45, 2.75) is 0 Å². The number of nitrogens with zero attached hydrogens (tertiary/aromatic N) is 2. The van der Waals surface area contributed by atoms with E-state index in [0.29, 0.717) is 11.4 Å². The van der Waals surface area contributed by atoms with Crippen molar-refractivity contribution in [3.8, 4) is 0 Å². The monoisotopic (exact) mass is 399 g/mol. The summed E-state index contributed by atoms with van der Waals surface area (Å²) in [4.78, 5) is 61.1. The lowest BCUT2D eigenvalue weighted by molar-refractivity contribution is -0.150. The van der Waals surface area contributed by atoms with Gasteiger partial charge >= 0.3 is 12.0 Å². The number of amides is 5. The zero-order valence-electron chi connectivity index (χ0n) is 13.1. The van der Waals surface area contributed by atoms with Crippen LogP contribution in [0.25, 0.3) is 0 Å². The fourth-order valence-corrected chi connectivity index (χ4v) is 2.86. The number of benzene rings is 1. The van der Waals surface area contributed by atoms with Crippen LogP contribution in [0.5, 0.6) is 0 Å². The third-order valence-electron chi connectivity index (χ3n) is 3.81. The van der Waals surface area contributed by atoms with E-state index in [4.69, 9.17) is 27.9 Å². The molecule has 1 aromatic rings. The molecule has 1 saturated heterocycles. The lowest BCUT2D eigenvalue weighted by Gasteiger charge is -2.14. The van der Waals surface area contributed by atoms with Gasteiger partial charge in [0.25, 0.3) is 17.7 Å². The summed E-state index contributed by atoms with van der Waals surface area (Å²) in [6, 6.07) is 1.93. The second-order valence-corrected chi connectivity index (χ2v) is 6.26. The second kappa shape index (κ2) is 6.93. The minimum Gasteiger partial charge on any atom is -0.454 e. The molecule has 136 valence electrons. The number of nitrogens with one attached hydrogen (secondary N) is 1. The molecule has 26 heavy (non-hydrogen) atoms. The van der Waals surface area contributed by atoms with Crippen LogP contribution in [0, 0.1) is 0 Å². The van der Waals surface area contributed by atoms with E-state index in [9.17, 15) is 24.0 Å². The van der Waals surface area contributed by atoms with Crippen LogP contribution in [0.1, 0.15) is 20.7 Å². The van der Waals surface area contributed by atoms with Gasteiger partial charge in [0.1, 0.15) is 6.54 Å². The highest BCUT2D eigenvalue weighted by Gasteiger charge is 2.38. The maximum atomic E-state index is 12.3. The zero-order valence-corrected chi connectivity index (χ0v) is 14.6. The maximum absolute atomic E-state index is 12.3. The summed E-state index contributed by atoms with van der Waals surface area (Å²) in [5, 5.41) is 2.64. The van der Waals surface area contributed by atoms with Crippen molar-refractivity contribution in [3.63, 3.8) is 0 Å². The van der Waals surface area contributed by atoms with Crippen LogP contribution in [0.3, 0.4) is 0 Å². The fraction of sp³-hybridized carbons (Fsp3) is 0.267. The summed E-state index contributed by atoms with van der Waals surface area (Å²) in [6.45, 7) is -0.859. The number of urea groups is 1. The number of halogens is 2. The van der Waals surface area contributed by atoms with Gasteiger partial charge in [0.2, 0.25) is 0 Å². The Morgan fingerprint density at radius 1 is 1.08 bits per heavy atom. The third kappa shape index (κ3) is 3.23. The largest absolute Gasteiger partial charge is 0.454 e. The number of hydrogen-bond acceptors (Lipinski definition) is 6. The van der Waals surface area contributed by atoms with E-state index >= 15 is 0 Å². The maximum Gasteiger partial charge on any atom is 0.326 e. The van der Waals surface area contributed by atoms with Crippen molar-refractivity contribution in [2.24, 2.45) is 0 Å². The molecule has 3 rings (SSSR count). The molecule has 0 unspecified atom stereocenters. The molecule has 5 amide bonds. The smallest absolute Gasteiger partial charge is 0.326 e. The highest BCUT2D eigenvalue weighted by molar-refractivity contribution is 6.43. The first kappa shape index (κ1) is 18.2. The standard InChI is InChI=1S/C15H11Cl2N3O6/c16-9-3-7-8(4-10(9)17)14(24)20(13(7)23)5-12(22)26-6-11(21)19-2-1-18-15(19)25/h3-4H,1-2,5-6H2,(H,18,25). The van der Waals surface area contributed by atoms with Crippen molar-refractivity contribution in [2.75, 3.05) is 26.2 Å². The lowest BCUT2D eigenvalue weighted by Crippen LogP contribution is -2.39. The van der Waals surface area contributed by atoms with E-state index in [0.717, 1.165) is 4.90 Å². The first-order chi connectivity index (χ1) is 12.3. The van der Waals surface area contributed by atoms with Gasteiger partial charge in [-0.1, -0.05) is 23.2 Å². The number of hydrogen-bond donors (Lipinski definition) is 1. The Morgan fingerprint density at radius 2 is 1.65 bits per heavy atom.